The lowest BCUT2D eigenvalue weighted by molar-refractivity contribution is 0.215. The fourth-order valence-corrected chi connectivity index (χ4v) is 2.26. The SMILES string of the molecule is CN1CCC(CCNc2cccc(F)n2)CC1. The van der Waals surface area contributed by atoms with Crippen LogP contribution in [0.15, 0.2) is 18.2 Å². The van der Waals surface area contributed by atoms with Crippen LogP contribution in [-0.4, -0.2) is 36.6 Å². The highest BCUT2D eigenvalue weighted by Crippen LogP contribution is 2.19. The average molecular weight is 237 g/mol. The first-order valence-corrected chi connectivity index (χ1v) is 6.29. The molecule has 1 saturated heterocycles. The van der Waals surface area contributed by atoms with Crippen LogP contribution >= 0.6 is 0 Å². The largest absolute Gasteiger partial charge is 0.370 e. The first-order valence-electron chi connectivity index (χ1n) is 6.29. The smallest absolute Gasteiger partial charge is 0.214 e. The van der Waals surface area contributed by atoms with E-state index in [1.807, 2.05) is 0 Å². The number of nitrogens with zero attached hydrogens (tertiary/aromatic N) is 2. The van der Waals surface area contributed by atoms with Gasteiger partial charge < -0.3 is 10.2 Å². The fraction of sp³-hybridized carbons (Fsp3) is 0.615. The second kappa shape index (κ2) is 5.96. The average Bonchev–Trinajstić information content (AvgIpc) is 2.32. The highest BCUT2D eigenvalue weighted by Gasteiger charge is 2.15. The summed E-state index contributed by atoms with van der Waals surface area (Å²) in [6.45, 7) is 3.27. The minimum absolute atomic E-state index is 0.422. The van der Waals surface area contributed by atoms with Gasteiger partial charge in [-0.05, 0) is 57.5 Å². The molecule has 0 aliphatic carbocycles. The Morgan fingerprint density at radius 2 is 2.18 bits per heavy atom. The summed E-state index contributed by atoms with van der Waals surface area (Å²) in [5.41, 5.74) is 0. The molecule has 1 aromatic rings. The van der Waals surface area contributed by atoms with Crippen molar-refractivity contribution >= 4 is 5.82 Å². The Hall–Kier alpha value is -1.16. The van der Waals surface area contributed by atoms with E-state index in [0.29, 0.717) is 5.82 Å². The van der Waals surface area contributed by atoms with E-state index in [4.69, 9.17) is 0 Å². The van der Waals surface area contributed by atoms with Gasteiger partial charge in [0.05, 0.1) is 0 Å². The first-order chi connectivity index (χ1) is 8.24. The van der Waals surface area contributed by atoms with Gasteiger partial charge in [0.25, 0.3) is 0 Å². The third kappa shape index (κ3) is 3.97. The van der Waals surface area contributed by atoms with Crippen LogP contribution in [0.5, 0.6) is 0 Å². The Balaban J connectivity index is 1.69. The van der Waals surface area contributed by atoms with E-state index in [2.05, 4.69) is 22.2 Å². The topological polar surface area (TPSA) is 28.2 Å². The number of nitrogens with one attached hydrogen (secondary N) is 1. The molecule has 1 aromatic heterocycles. The number of piperidine rings is 1. The maximum Gasteiger partial charge on any atom is 0.214 e. The summed E-state index contributed by atoms with van der Waals surface area (Å²) in [6.07, 6.45) is 3.69. The van der Waals surface area contributed by atoms with Crippen LogP contribution in [0.1, 0.15) is 19.3 Å². The highest BCUT2D eigenvalue weighted by atomic mass is 19.1. The van der Waals surface area contributed by atoms with Crippen molar-refractivity contribution in [2.75, 3.05) is 32.0 Å². The van der Waals surface area contributed by atoms with E-state index >= 15 is 0 Å². The lowest BCUT2D eigenvalue weighted by Gasteiger charge is -2.28. The Kier molecular flexibility index (Phi) is 4.31. The molecular formula is C13H20FN3. The molecule has 0 amide bonds. The van der Waals surface area contributed by atoms with Gasteiger partial charge in [-0.1, -0.05) is 6.07 Å². The number of aromatic nitrogens is 1. The van der Waals surface area contributed by atoms with Crippen molar-refractivity contribution in [1.29, 1.82) is 0 Å². The molecule has 0 radical (unpaired) electrons. The third-order valence-corrected chi connectivity index (χ3v) is 3.41. The number of anilines is 1. The molecule has 0 spiro atoms. The molecule has 0 bridgehead atoms. The van der Waals surface area contributed by atoms with Gasteiger partial charge in [-0.15, -0.1) is 0 Å². The van der Waals surface area contributed by atoms with Crippen molar-refractivity contribution in [2.24, 2.45) is 5.92 Å². The maximum absolute atomic E-state index is 12.8. The van der Waals surface area contributed by atoms with E-state index in [0.717, 1.165) is 18.9 Å². The van der Waals surface area contributed by atoms with Crippen LogP contribution in [0.4, 0.5) is 10.2 Å². The molecule has 1 aliphatic heterocycles. The number of halogens is 1. The zero-order valence-electron chi connectivity index (χ0n) is 10.3. The van der Waals surface area contributed by atoms with E-state index in [9.17, 15) is 4.39 Å². The van der Waals surface area contributed by atoms with E-state index in [1.165, 1.54) is 32.0 Å². The van der Waals surface area contributed by atoms with E-state index in [1.54, 1.807) is 12.1 Å². The summed E-state index contributed by atoms with van der Waals surface area (Å²) < 4.78 is 12.8. The molecule has 1 N–H and O–H groups in total. The number of likely N-dealkylation sites (tertiary alicyclic amines) is 1. The number of pyridine rings is 1. The van der Waals surface area contributed by atoms with Crippen molar-refractivity contribution in [3.63, 3.8) is 0 Å². The second-order valence-corrected chi connectivity index (χ2v) is 4.81. The summed E-state index contributed by atoms with van der Waals surface area (Å²) in [7, 11) is 2.17. The summed E-state index contributed by atoms with van der Waals surface area (Å²) in [4.78, 5) is 6.15. The molecule has 2 rings (SSSR count). The van der Waals surface area contributed by atoms with Gasteiger partial charge in [-0.2, -0.15) is 4.39 Å². The summed E-state index contributed by atoms with van der Waals surface area (Å²) in [6, 6.07) is 4.85. The molecular weight excluding hydrogens is 217 g/mol. The Morgan fingerprint density at radius 1 is 1.41 bits per heavy atom. The van der Waals surface area contributed by atoms with Gasteiger partial charge in [0.1, 0.15) is 5.82 Å². The van der Waals surface area contributed by atoms with Crippen LogP contribution in [0.3, 0.4) is 0 Å². The van der Waals surface area contributed by atoms with Crippen molar-refractivity contribution in [3.8, 4) is 0 Å². The molecule has 0 atom stereocenters. The molecule has 1 aliphatic rings. The fourth-order valence-electron chi connectivity index (χ4n) is 2.26. The van der Waals surface area contributed by atoms with Gasteiger partial charge in [0, 0.05) is 6.54 Å². The molecule has 1 fully saturated rings. The van der Waals surface area contributed by atoms with Gasteiger partial charge in [0.2, 0.25) is 5.95 Å². The zero-order valence-corrected chi connectivity index (χ0v) is 10.3. The minimum atomic E-state index is -0.422. The Morgan fingerprint density at radius 3 is 2.88 bits per heavy atom. The number of hydrogen-bond acceptors (Lipinski definition) is 3. The first kappa shape index (κ1) is 12.3. The molecule has 94 valence electrons. The molecule has 0 unspecified atom stereocenters. The van der Waals surface area contributed by atoms with E-state index in [-0.39, 0.29) is 0 Å². The van der Waals surface area contributed by atoms with Crippen molar-refractivity contribution in [3.05, 3.63) is 24.1 Å². The van der Waals surface area contributed by atoms with Gasteiger partial charge in [0.15, 0.2) is 0 Å². The maximum atomic E-state index is 12.8. The highest BCUT2D eigenvalue weighted by molar-refractivity contribution is 5.33. The predicted molar refractivity (Wildman–Crippen MR) is 67.5 cm³/mol. The van der Waals surface area contributed by atoms with Crippen LogP contribution in [-0.2, 0) is 0 Å². The third-order valence-electron chi connectivity index (χ3n) is 3.41. The Bertz CT molecular complexity index is 348. The zero-order chi connectivity index (χ0) is 12.1. The van der Waals surface area contributed by atoms with Crippen LogP contribution in [0.25, 0.3) is 0 Å². The summed E-state index contributed by atoms with van der Waals surface area (Å²) in [5.74, 6) is 1.01. The second-order valence-electron chi connectivity index (χ2n) is 4.81. The summed E-state index contributed by atoms with van der Waals surface area (Å²) >= 11 is 0. The van der Waals surface area contributed by atoms with Crippen LogP contribution < -0.4 is 5.32 Å². The molecule has 2 heterocycles. The molecule has 4 heteroatoms. The van der Waals surface area contributed by atoms with E-state index < -0.39 is 5.95 Å². The standard InChI is InChI=1S/C13H20FN3/c1-17-9-6-11(7-10-17)5-8-15-13-4-2-3-12(14)16-13/h2-4,11H,5-10H2,1H3,(H,15,16). The lowest BCUT2D eigenvalue weighted by Crippen LogP contribution is -2.30. The van der Waals surface area contributed by atoms with Crippen molar-refractivity contribution in [1.82, 2.24) is 9.88 Å². The normalized spacial score (nSPS) is 18.2. The molecule has 17 heavy (non-hydrogen) atoms. The number of hydrogen-bond donors (Lipinski definition) is 1. The molecule has 3 nitrogen and oxygen atoms in total. The van der Waals surface area contributed by atoms with Crippen LogP contribution in [0.2, 0.25) is 0 Å². The van der Waals surface area contributed by atoms with Crippen LogP contribution in [0, 0.1) is 11.9 Å². The van der Waals surface area contributed by atoms with Gasteiger partial charge >= 0.3 is 0 Å². The Labute approximate surface area is 102 Å². The van der Waals surface area contributed by atoms with Crippen molar-refractivity contribution < 1.29 is 4.39 Å². The quantitative estimate of drug-likeness (QED) is 0.815. The molecule has 0 saturated carbocycles. The lowest BCUT2D eigenvalue weighted by atomic mass is 9.94. The monoisotopic (exact) mass is 237 g/mol. The summed E-state index contributed by atoms with van der Waals surface area (Å²) in [5, 5.41) is 3.18. The predicted octanol–water partition coefficient (Wildman–Crippen LogP) is 2.36. The van der Waals surface area contributed by atoms with Gasteiger partial charge in [-0.3, -0.25) is 0 Å². The van der Waals surface area contributed by atoms with Gasteiger partial charge in [-0.25, -0.2) is 4.98 Å². The van der Waals surface area contributed by atoms with Crippen molar-refractivity contribution in [2.45, 2.75) is 19.3 Å². The minimum Gasteiger partial charge on any atom is -0.370 e. The molecule has 0 aromatic carbocycles. The number of rotatable bonds is 4.